The van der Waals surface area contributed by atoms with Crippen molar-refractivity contribution in [3.8, 4) is 22.3 Å². The van der Waals surface area contributed by atoms with Crippen molar-refractivity contribution in [2.75, 3.05) is 4.90 Å². The molecule has 7 rings (SSSR count). The van der Waals surface area contributed by atoms with Crippen LogP contribution in [0.5, 0.6) is 0 Å². The van der Waals surface area contributed by atoms with Gasteiger partial charge in [-0.2, -0.15) is 0 Å². The van der Waals surface area contributed by atoms with Crippen LogP contribution in [0.2, 0.25) is 0 Å². The molecule has 180 valence electrons. The number of anilines is 3. The van der Waals surface area contributed by atoms with Gasteiger partial charge in [0.15, 0.2) is 0 Å². The summed E-state index contributed by atoms with van der Waals surface area (Å²) in [7, 11) is 0. The Kier molecular flexibility index (Phi) is 5.49. The van der Waals surface area contributed by atoms with Crippen molar-refractivity contribution in [3.63, 3.8) is 0 Å². The topological polar surface area (TPSA) is 16.4 Å². The fourth-order valence-electron chi connectivity index (χ4n) is 5.23. The molecule has 38 heavy (non-hydrogen) atoms. The first kappa shape index (κ1) is 22.1. The Morgan fingerprint density at radius 1 is 0.395 bits per heavy atom. The molecule has 0 spiro atoms. The predicted molar refractivity (Wildman–Crippen MR) is 159 cm³/mol. The van der Waals surface area contributed by atoms with Crippen LogP contribution >= 0.6 is 0 Å². The number of hydrogen-bond donors (Lipinski definition) is 0. The molecule has 0 aliphatic carbocycles. The van der Waals surface area contributed by atoms with Crippen molar-refractivity contribution in [2.24, 2.45) is 0 Å². The van der Waals surface area contributed by atoms with Crippen molar-refractivity contribution >= 4 is 39.0 Å². The van der Waals surface area contributed by atoms with E-state index >= 15 is 0 Å². The zero-order valence-electron chi connectivity index (χ0n) is 20.8. The number of nitrogens with zero attached hydrogens (tertiary/aromatic N) is 1. The summed E-state index contributed by atoms with van der Waals surface area (Å²) >= 11 is 0. The molecule has 1 heterocycles. The number of hydrogen-bond acceptors (Lipinski definition) is 2. The quantitative estimate of drug-likeness (QED) is 0.240. The van der Waals surface area contributed by atoms with E-state index in [0.717, 1.165) is 50.1 Å². The van der Waals surface area contributed by atoms with Crippen LogP contribution in [0.3, 0.4) is 0 Å². The molecule has 0 bridgehead atoms. The van der Waals surface area contributed by atoms with E-state index in [-0.39, 0.29) is 0 Å². The minimum atomic E-state index is 0.898. The second-order valence-corrected chi connectivity index (χ2v) is 9.42. The first-order valence-corrected chi connectivity index (χ1v) is 12.9. The third-order valence-electron chi connectivity index (χ3n) is 7.05. The van der Waals surface area contributed by atoms with E-state index in [0.29, 0.717) is 0 Å². The van der Waals surface area contributed by atoms with Crippen molar-refractivity contribution in [1.29, 1.82) is 0 Å². The molecule has 0 atom stereocenters. The molecule has 0 N–H and O–H groups in total. The Labute approximate surface area is 222 Å². The van der Waals surface area contributed by atoms with Crippen LogP contribution in [0.1, 0.15) is 0 Å². The summed E-state index contributed by atoms with van der Waals surface area (Å²) < 4.78 is 6.43. The number of rotatable bonds is 5. The third-order valence-corrected chi connectivity index (χ3v) is 7.05. The smallest absolute Gasteiger partial charge is 0.143 e. The molecule has 1 aromatic heterocycles. The SMILES string of the molecule is c1ccc(-c2ccc(N(c3ccccc3)c3cc(-c4ccccc4)c4oc5ccccc5c4c3)cc2)cc1. The van der Waals surface area contributed by atoms with Gasteiger partial charge in [-0.3, -0.25) is 0 Å². The van der Waals surface area contributed by atoms with Crippen LogP contribution in [0.25, 0.3) is 44.2 Å². The fourth-order valence-corrected chi connectivity index (χ4v) is 5.23. The maximum Gasteiger partial charge on any atom is 0.143 e. The van der Waals surface area contributed by atoms with Gasteiger partial charge in [-0.05, 0) is 59.2 Å². The van der Waals surface area contributed by atoms with Crippen LogP contribution < -0.4 is 4.90 Å². The molecule has 0 radical (unpaired) electrons. The zero-order valence-corrected chi connectivity index (χ0v) is 20.8. The van der Waals surface area contributed by atoms with Crippen molar-refractivity contribution in [2.45, 2.75) is 0 Å². The molecule has 0 saturated heterocycles. The Bertz CT molecular complexity index is 1840. The van der Waals surface area contributed by atoms with Crippen molar-refractivity contribution in [3.05, 3.63) is 152 Å². The van der Waals surface area contributed by atoms with Crippen molar-refractivity contribution < 1.29 is 4.42 Å². The van der Waals surface area contributed by atoms with E-state index in [9.17, 15) is 0 Å². The lowest BCUT2D eigenvalue weighted by molar-refractivity contribution is 0.670. The number of fused-ring (bicyclic) bond motifs is 3. The number of para-hydroxylation sites is 2. The summed E-state index contributed by atoms with van der Waals surface area (Å²) in [5.41, 5.74) is 9.71. The lowest BCUT2D eigenvalue weighted by atomic mass is 10.00. The Hall–Kier alpha value is -5.08. The summed E-state index contributed by atoms with van der Waals surface area (Å²) in [4.78, 5) is 2.32. The van der Waals surface area contributed by atoms with Gasteiger partial charge in [-0.1, -0.05) is 109 Å². The first-order chi connectivity index (χ1) is 18.8. The Balaban J connectivity index is 1.46. The van der Waals surface area contributed by atoms with Gasteiger partial charge >= 0.3 is 0 Å². The van der Waals surface area contributed by atoms with Crippen LogP contribution in [0.4, 0.5) is 17.1 Å². The molecule has 7 aromatic rings. The van der Waals surface area contributed by atoms with E-state index in [1.54, 1.807) is 0 Å². The monoisotopic (exact) mass is 487 g/mol. The molecule has 2 nitrogen and oxygen atoms in total. The lowest BCUT2D eigenvalue weighted by Crippen LogP contribution is -2.10. The highest BCUT2D eigenvalue weighted by atomic mass is 16.3. The second-order valence-electron chi connectivity index (χ2n) is 9.42. The molecular formula is C36H25NO. The van der Waals surface area contributed by atoms with Crippen LogP contribution in [0, 0.1) is 0 Å². The normalized spacial score (nSPS) is 11.2. The molecular weight excluding hydrogens is 462 g/mol. The second kappa shape index (κ2) is 9.42. The molecule has 0 saturated carbocycles. The van der Waals surface area contributed by atoms with Gasteiger partial charge in [-0.15, -0.1) is 0 Å². The number of furan rings is 1. The highest BCUT2D eigenvalue weighted by Gasteiger charge is 2.19. The van der Waals surface area contributed by atoms with E-state index in [1.807, 2.05) is 18.2 Å². The fraction of sp³-hybridized carbons (Fsp3) is 0. The summed E-state index contributed by atoms with van der Waals surface area (Å²) in [6.07, 6.45) is 0. The van der Waals surface area contributed by atoms with Crippen LogP contribution in [-0.2, 0) is 0 Å². The van der Waals surface area contributed by atoms with Crippen molar-refractivity contribution in [1.82, 2.24) is 0 Å². The standard InChI is InChI=1S/C36H25NO/c1-4-12-26(13-5-1)27-20-22-30(23-21-27)37(29-16-8-3-9-17-29)31-24-33(28-14-6-2-7-15-28)36-34(25-31)32-18-10-11-19-35(32)38-36/h1-25H. The van der Waals surface area contributed by atoms with Gasteiger partial charge in [0.1, 0.15) is 11.2 Å². The van der Waals surface area contributed by atoms with Gasteiger partial charge in [0.2, 0.25) is 0 Å². The highest BCUT2D eigenvalue weighted by molar-refractivity contribution is 6.11. The molecule has 2 heteroatoms. The molecule has 0 aliphatic heterocycles. The third kappa shape index (κ3) is 3.93. The first-order valence-electron chi connectivity index (χ1n) is 12.9. The average Bonchev–Trinajstić information content (AvgIpc) is 3.37. The minimum Gasteiger partial charge on any atom is -0.455 e. The van der Waals surface area contributed by atoms with Gasteiger partial charge in [-0.25, -0.2) is 0 Å². The molecule has 0 aliphatic rings. The molecule has 0 amide bonds. The van der Waals surface area contributed by atoms with Crippen LogP contribution in [0.15, 0.2) is 156 Å². The Morgan fingerprint density at radius 2 is 0.947 bits per heavy atom. The maximum atomic E-state index is 6.43. The average molecular weight is 488 g/mol. The van der Waals surface area contributed by atoms with E-state index in [4.69, 9.17) is 4.42 Å². The summed E-state index contributed by atoms with van der Waals surface area (Å²) in [5.74, 6) is 0. The van der Waals surface area contributed by atoms with Gasteiger partial charge < -0.3 is 9.32 Å². The molecule has 0 unspecified atom stereocenters. The van der Waals surface area contributed by atoms with E-state index in [2.05, 4.69) is 138 Å². The summed E-state index contributed by atoms with van der Waals surface area (Å²) in [5, 5.41) is 2.23. The molecule has 6 aromatic carbocycles. The van der Waals surface area contributed by atoms with Gasteiger partial charge in [0, 0.05) is 33.4 Å². The summed E-state index contributed by atoms with van der Waals surface area (Å²) in [6.45, 7) is 0. The zero-order chi connectivity index (χ0) is 25.3. The lowest BCUT2D eigenvalue weighted by Gasteiger charge is -2.26. The van der Waals surface area contributed by atoms with Gasteiger partial charge in [0.05, 0.1) is 0 Å². The van der Waals surface area contributed by atoms with Crippen LogP contribution in [-0.4, -0.2) is 0 Å². The maximum absolute atomic E-state index is 6.43. The number of benzene rings is 6. The van der Waals surface area contributed by atoms with E-state index < -0.39 is 0 Å². The van der Waals surface area contributed by atoms with E-state index in [1.165, 1.54) is 11.1 Å². The highest BCUT2D eigenvalue weighted by Crippen LogP contribution is 2.43. The minimum absolute atomic E-state index is 0.898. The van der Waals surface area contributed by atoms with Gasteiger partial charge in [0.25, 0.3) is 0 Å². The largest absolute Gasteiger partial charge is 0.455 e. The predicted octanol–water partition coefficient (Wildman–Crippen LogP) is 10.4. The molecule has 0 fully saturated rings. The summed E-state index contributed by atoms with van der Waals surface area (Å²) in [6, 6.07) is 53.1. The Morgan fingerprint density at radius 3 is 1.66 bits per heavy atom.